The standard InChI is InChI=1S/C24H31ClN2O4/c1-24(2,3)31-23(28)27-14-12-26(13-15-27)18-19-4-8-21(9-5-19)29-16-17-30-22-10-6-20(25)7-11-22/h4-11H,12-18H2,1-3H3. The maximum absolute atomic E-state index is 12.2. The van der Waals surface area contributed by atoms with Gasteiger partial charge in [-0.1, -0.05) is 23.7 Å². The fourth-order valence-corrected chi connectivity index (χ4v) is 3.34. The van der Waals surface area contributed by atoms with Crippen LogP contribution in [0, 0.1) is 0 Å². The molecule has 1 aliphatic heterocycles. The van der Waals surface area contributed by atoms with Gasteiger partial charge in [-0.15, -0.1) is 0 Å². The molecule has 1 heterocycles. The maximum atomic E-state index is 12.2. The van der Waals surface area contributed by atoms with E-state index in [0.717, 1.165) is 31.1 Å². The molecule has 7 heteroatoms. The van der Waals surface area contributed by atoms with Gasteiger partial charge in [-0.25, -0.2) is 4.79 Å². The first kappa shape index (κ1) is 23.2. The largest absolute Gasteiger partial charge is 0.490 e. The van der Waals surface area contributed by atoms with Crippen LogP contribution in [0.4, 0.5) is 4.79 Å². The molecule has 0 bridgehead atoms. The highest BCUT2D eigenvalue weighted by Crippen LogP contribution is 2.17. The lowest BCUT2D eigenvalue weighted by Gasteiger charge is -2.35. The third kappa shape index (κ3) is 7.96. The Morgan fingerprint density at radius 1 is 0.871 bits per heavy atom. The van der Waals surface area contributed by atoms with Crippen molar-refractivity contribution in [1.29, 1.82) is 0 Å². The number of hydrogen-bond acceptors (Lipinski definition) is 5. The summed E-state index contributed by atoms with van der Waals surface area (Å²) < 4.78 is 16.8. The quantitative estimate of drug-likeness (QED) is 0.569. The molecule has 1 saturated heterocycles. The van der Waals surface area contributed by atoms with Crippen LogP contribution in [-0.4, -0.2) is 60.9 Å². The Morgan fingerprint density at radius 2 is 1.39 bits per heavy atom. The molecule has 2 aromatic rings. The Morgan fingerprint density at radius 3 is 1.90 bits per heavy atom. The first-order chi connectivity index (χ1) is 14.8. The van der Waals surface area contributed by atoms with Crippen LogP contribution < -0.4 is 9.47 Å². The molecule has 1 aliphatic rings. The van der Waals surface area contributed by atoms with E-state index in [-0.39, 0.29) is 6.09 Å². The summed E-state index contributed by atoms with van der Waals surface area (Å²) in [4.78, 5) is 16.3. The van der Waals surface area contributed by atoms with Gasteiger partial charge in [0.2, 0.25) is 0 Å². The van der Waals surface area contributed by atoms with E-state index in [4.69, 9.17) is 25.8 Å². The number of halogens is 1. The van der Waals surface area contributed by atoms with Crippen LogP contribution in [0.15, 0.2) is 48.5 Å². The second kappa shape index (κ2) is 10.7. The van der Waals surface area contributed by atoms with Gasteiger partial charge in [0.25, 0.3) is 0 Å². The summed E-state index contributed by atoms with van der Waals surface area (Å²) in [6, 6.07) is 15.4. The summed E-state index contributed by atoms with van der Waals surface area (Å²) >= 11 is 5.86. The zero-order valence-corrected chi connectivity index (χ0v) is 19.2. The molecule has 6 nitrogen and oxygen atoms in total. The highest BCUT2D eigenvalue weighted by molar-refractivity contribution is 6.30. The van der Waals surface area contributed by atoms with Crippen molar-refractivity contribution in [3.8, 4) is 11.5 Å². The molecule has 0 unspecified atom stereocenters. The molecule has 31 heavy (non-hydrogen) atoms. The molecule has 0 aromatic heterocycles. The van der Waals surface area contributed by atoms with Crippen molar-refractivity contribution in [3.63, 3.8) is 0 Å². The van der Waals surface area contributed by atoms with Gasteiger partial charge in [0.1, 0.15) is 30.3 Å². The number of rotatable bonds is 7. The van der Waals surface area contributed by atoms with E-state index < -0.39 is 5.60 Å². The van der Waals surface area contributed by atoms with Crippen LogP contribution in [0.1, 0.15) is 26.3 Å². The average Bonchev–Trinajstić information content (AvgIpc) is 2.73. The van der Waals surface area contributed by atoms with Crippen molar-refractivity contribution in [2.24, 2.45) is 0 Å². The predicted octanol–water partition coefficient (Wildman–Crippen LogP) is 4.85. The number of amides is 1. The van der Waals surface area contributed by atoms with Gasteiger partial charge < -0.3 is 19.1 Å². The van der Waals surface area contributed by atoms with Crippen LogP contribution in [0.3, 0.4) is 0 Å². The number of benzene rings is 2. The fraction of sp³-hybridized carbons (Fsp3) is 0.458. The van der Waals surface area contributed by atoms with Gasteiger partial charge in [-0.3, -0.25) is 4.90 Å². The van der Waals surface area contributed by atoms with Crippen molar-refractivity contribution in [1.82, 2.24) is 9.80 Å². The number of carbonyl (C=O) groups is 1. The van der Waals surface area contributed by atoms with E-state index in [1.165, 1.54) is 5.56 Å². The van der Waals surface area contributed by atoms with Crippen molar-refractivity contribution in [3.05, 3.63) is 59.1 Å². The number of nitrogens with zero attached hydrogens (tertiary/aromatic N) is 2. The maximum Gasteiger partial charge on any atom is 0.410 e. The Balaban J connectivity index is 1.36. The molecule has 3 rings (SSSR count). The summed E-state index contributed by atoms with van der Waals surface area (Å²) in [6.45, 7) is 10.5. The first-order valence-corrected chi connectivity index (χ1v) is 11.0. The molecule has 0 spiro atoms. The van der Waals surface area contributed by atoms with Gasteiger partial charge >= 0.3 is 6.09 Å². The summed E-state index contributed by atoms with van der Waals surface area (Å²) in [5.74, 6) is 1.59. The molecule has 0 aliphatic carbocycles. The lowest BCUT2D eigenvalue weighted by atomic mass is 10.2. The van der Waals surface area contributed by atoms with Crippen molar-refractivity contribution in [2.45, 2.75) is 32.9 Å². The fourth-order valence-electron chi connectivity index (χ4n) is 3.21. The molecular formula is C24H31ClN2O4. The van der Waals surface area contributed by atoms with E-state index in [0.29, 0.717) is 31.3 Å². The summed E-state index contributed by atoms with van der Waals surface area (Å²) in [6.07, 6.45) is -0.228. The highest BCUT2D eigenvalue weighted by atomic mass is 35.5. The van der Waals surface area contributed by atoms with Crippen LogP contribution >= 0.6 is 11.6 Å². The summed E-state index contributed by atoms with van der Waals surface area (Å²) in [7, 11) is 0. The Bertz CT molecular complexity index is 826. The SMILES string of the molecule is CC(C)(C)OC(=O)N1CCN(Cc2ccc(OCCOc3ccc(Cl)cc3)cc2)CC1. The van der Waals surface area contributed by atoms with Crippen LogP contribution in [0.25, 0.3) is 0 Å². The molecule has 0 radical (unpaired) electrons. The second-order valence-corrected chi connectivity index (χ2v) is 8.97. The van der Waals surface area contributed by atoms with Gasteiger partial charge in [-0.2, -0.15) is 0 Å². The predicted molar refractivity (Wildman–Crippen MR) is 122 cm³/mol. The van der Waals surface area contributed by atoms with Gasteiger partial charge in [-0.05, 0) is 62.7 Å². The van der Waals surface area contributed by atoms with Gasteiger partial charge in [0.05, 0.1) is 0 Å². The Kier molecular flexibility index (Phi) is 8.04. The monoisotopic (exact) mass is 446 g/mol. The minimum absolute atomic E-state index is 0.228. The van der Waals surface area contributed by atoms with Crippen molar-refractivity contribution >= 4 is 17.7 Å². The van der Waals surface area contributed by atoms with E-state index in [2.05, 4.69) is 17.0 Å². The van der Waals surface area contributed by atoms with E-state index in [1.54, 1.807) is 17.0 Å². The number of ether oxygens (including phenoxy) is 3. The van der Waals surface area contributed by atoms with E-state index >= 15 is 0 Å². The zero-order chi connectivity index (χ0) is 22.3. The molecule has 0 saturated carbocycles. The molecule has 2 aromatic carbocycles. The number of carbonyl (C=O) groups excluding carboxylic acids is 1. The molecule has 0 atom stereocenters. The minimum Gasteiger partial charge on any atom is -0.490 e. The normalized spacial score (nSPS) is 14.9. The van der Waals surface area contributed by atoms with Crippen LogP contribution in [0.2, 0.25) is 5.02 Å². The minimum atomic E-state index is -0.458. The molecule has 168 valence electrons. The lowest BCUT2D eigenvalue weighted by Crippen LogP contribution is -2.49. The topological polar surface area (TPSA) is 51.2 Å². The summed E-state index contributed by atoms with van der Waals surface area (Å²) in [5, 5.41) is 0.689. The van der Waals surface area contributed by atoms with Gasteiger partial charge in [0, 0.05) is 37.7 Å². The third-order valence-electron chi connectivity index (χ3n) is 4.79. The smallest absolute Gasteiger partial charge is 0.410 e. The van der Waals surface area contributed by atoms with E-state index in [1.807, 2.05) is 45.0 Å². The lowest BCUT2D eigenvalue weighted by molar-refractivity contribution is 0.0139. The highest BCUT2D eigenvalue weighted by Gasteiger charge is 2.25. The Labute approximate surface area is 189 Å². The molecule has 1 amide bonds. The van der Waals surface area contributed by atoms with Crippen molar-refractivity contribution in [2.75, 3.05) is 39.4 Å². The van der Waals surface area contributed by atoms with Crippen LogP contribution in [-0.2, 0) is 11.3 Å². The number of hydrogen-bond donors (Lipinski definition) is 0. The Hall–Kier alpha value is -2.44. The van der Waals surface area contributed by atoms with E-state index in [9.17, 15) is 4.79 Å². The first-order valence-electron chi connectivity index (χ1n) is 10.6. The summed E-state index contributed by atoms with van der Waals surface area (Å²) in [5.41, 5.74) is 0.760. The van der Waals surface area contributed by atoms with Crippen molar-refractivity contribution < 1.29 is 19.0 Å². The van der Waals surface area contributed by atoms with Gasteiger partial charge in [0.15, 0.2) is 0 Å². The number of piperazine rings is 1. The zero-order valence-electron chi connectivity index (χ0n) is 18.5. The van der Waals surface area contributed by atoms with Crippen LogP contribution in [0.5, 0.6) is 11.5 Å². The molecular weight excluding hydrogens is 416 g/mol. The molecule has 1 fully saturated rings. The third-order valence-corrected chi connectivity index (χ3v) is 5.04. The molecule has 0 N–H and O–H groups in total. The second-order valence-electron chi connectivity index (χ2n) is 8.54. The average molecular weight is 447 g/mol.